The lowest BCUT2D eigenvalue weighted by atomic mass is 10.1. The average Bonchev–Trinajstić information content (AvgIpc) is 3.48. The molecule has 0 spiro atoms. The lowest BCUT2D eigenvalue weighted by molar-refractivity contribution is -0.116. The molecule has 0 saturated heterocycles. The second kappa shape index (κ2) is 8.22. The summed E-state index contributed by atoms with van der Waals surface area (Å²) in [4.78, 5) is 17.2. The molecule has 1 aliphatic rings. The first-order valence-corrected chi connectivity index (χ1v) is 11.2. The maximum atomic E-state index is 12.7. The highest BCUT2D eigenvalue weighted by molar-refractivity contribution is 6.42. The number of aromatic nitrogens is 5. The van der Waals surface area contributed by atoms with Crippen LogP contribution < -0.4 is 5.32 Å². The molecule has 1 fully saturated rings. The molecule has 1 N–H and O–H groups in total. The van der Waals surface area contributed by atoms with Crippen molar-refractivity contribution in [3.05, 3.63) is 69.1 Å². The maximum Gasteiger partial charge on any atom is 0.247 e. The zero-order valence-corrected chi connectivity index (χ0v) is 19.3. The molecule has 0 atom stereocenters. The maximum absolute atomic E-state index is 12.7. The third-order valence-electron chi connectivity index (χ3n) is 5.72. The van der Waals surface area contributed by atoms with Crippen LogP contribution in [0.4, 0.5) is 5.82 Å². The summed E-state index contributed by atoms with van der Waals surface area (Å²) < 4.78 is 3.48. The van der Waals surface area contributed by atoms with Crippen LogP contribution >= 0.6 is 23.2 Å². The molecule has 1 aliphatic carbocycles. The smallest absolute Gasteiger partial charge is 0.247 e. The highest BCUT2D eigenvalue weighted by Gasteiger charge is 2.27. The summed E-state index contributed by atoms with van der Waals surface area (Å²) >= 11 is 12.1. The topological polar surface area (TPSA) is 77.6 Å². The van der Waals surface area contributed by atoms with Crippen LogP contribution in [0.1, 0.15) is 41.3 Å². The molecule has 9 heteroatoms. The third kappa shape index (κ3) is 4.10. The second-order valence-corrected chi connectivity index (χ2v) is 9.06. The van der Waals surface area contributed by atoms with Gasteiger partial charge in [-0.1, -0.05) is 29.3 Å². The van der Waals surface area contributed by atoms with Crippen LogP contribution in [0.25, 0.3) is 11.0 Å². The van der Waals surface area contributed by atoms with Crippen molar-refractivity contribution >= 4 is 46.0 Å². The van der Waals surface area contributed by atoms with E-state index in [4.69, 9.17) is 23.2 Å². The van der Waals surface area contributed by atoms with Crippen LogP contribution in [0.15, 0.2) is 36.5 Å². The molecular weight excluding hydrogens is 447 g/mol. The predicted octanol–water partition coefficient (Wildman–Crippen LogP) is 5.12. The molecule has 3 heterocycles. The highest BCUT2D eigenvalue weighted by Crippen LogP contribution is 2.43. The van der Waals surface area contributed by atoms with Gasteiger partial charge >= 0.3 is 0 Å². The molecule has 32 heavy (non-hydrogen) atoms. The number of rotatable bonds is 6. The summed E-state index contributed by atoms with van der Waals surface area (Å²) in [6.07, 6.45) is 4.21. The fraction of sp³-hybridized carbons (Fsp3) is 0.304. The highest BCUT2D eigenvalue weighted by atomic mass is 35.5. The van der Waals surface area contributed by atoms with E-state index in [1.807, 2.05) is 36.7 Å². The monoisotopic (exact) mass is 468 g/mol. The Hall–Kier alpha value is -2.90. The Balaban J connectivity index is 1.31. The first-order valence-electron chi connectivity index (χ1n) is 10.5. The fourth-order valence-corrected chi connectivity index (χ4v) is 4.34. The molecule has 3 aromatic heterocycles. The van der Waals surface area contributed by atoms with Crippen molar-refractivity contribution in [1.82, 2.24) is 24.5 Å². The van der Waals surface area contributed by atoms with Crippen molar-refractivity contribution in [1.29, 1.82) is 0 Å². The lowest BCUT2D eigenvalue weighted by Crippen LogP contribution is -2.20. The quantitative estimate of drug-likeness (QED) is 0.426. The molecule has 0 aliphatic heterocycles. The van der Waals surface area contributed by atoms with Gasteiger partial charge in [0.15, 0.2) is 11.5 Å². The van der Waals surface area contributed by atoms with Crippen molar-refractivity contribution in [2.75, 3.05) is 5.32 Å². The van der Waals surface area contributed by atoms with Gasteiger partial charge in [-0.2, -0.15) is 10.2 Å². The molecule has 164 valence electrons. The summed E-state index contributed by atoms with van der Waals surface area (Å²) in [5, 5.41) is 14.1. The van der Waals surface area contributed by atoms with Crippen LogP contribution in [0.5, 0.6) is 0 Å². The van der Waals surface area contributed by atoms with Gasteiger partial charge in [-0.25, -0.2) is 9.67 Å². The molecule has 1 saturated carbocycles. The minimum atomic E-state index is -0.202. The van der Waals surface area contributed by atoms with Crippen LogP contribution in [-0.4, -0.2) is 30.5 Å². The molecule has 1 amide bonds. The van der Waals surface area contributed by atoms with Gasteiger partial charge in [0.2, 0.25) is 5.91 Å². The number of carbonyl (C=O) groups is 1. The Kier molecular flexibility index (Phi) is 5.39. The van der Waals surface area contributed by atoms with Crippen LogP contribution in [0.2, 0.25) is 10.0 Å². The van der Waals surface area contributed by atoms with E-state index >= 15 is 0 Å². The zero-order valence-electron chi connectivity index (χ0n) is 17.8. The van der Waals surface area contributed by atoms with E-state index in [0.717, 1.165) is 28.0 Å². The van der Waals surface area contributed by atoms with E-state index in [1.165, 1.54) is 18.4 Å². The largest absolute Gasteiger partial charge is 0.308 e. The minimum Gasteiger partial charge on any atom is -0.308 e. The summed E-state index contributed by atoms with van der Waals surface area (Å²) in [6, 6.07) is 9.40. The first-order chi connectivity index (χ1) is 15.4. The van der Waals surface area contributed by atoms with Gasteiger partial charge in [-0.15, -0.1) is 0 Å². The number of aryl methyl sites for hydroxylation is 2. The van der Waals surface area contributed by atoms with Crippen LogP contribution in [0.3, 0.4) is 0 Å². The Bertz CT molecular complexity index is 1340. The Morgan fingerprint density at radius 3 is 2.66 bits per heavy atom. The number of fused-ring (bicyclic) bond motifs is 1. The number of hydrogen-bond donors (Lipinski definition) is 1. The van der Waals surface area contributed by atoms with Crippen molar-refractivity contribution in [3.63, 3.8) is 0 Å². The number of hydrogen-bond acceptors (Lipinski definition) is 4. The van der Waals surface area contributed by atoms with Crippen molar-refractivity contribution in [3.8, 4) is 0 Å². The summed E-state index contributed by atoms with van der Waals surface area (Å²) in [6.45, 7) is 4.51. The van der Waals surface area contributed by atoms with Crippen LogP contribution in [-0.2, 0) is 17.9 Å². The number of pyridine rings is 1. The van der Waals surface area contributed by atoms with Gasteiger partial charge in [-0.3, -0.25) is 9.48 Å². The number of benzene rings is 1. The van der Waals surface area contributed by atoms with E-state index in [0.29, 0.717) is 28.3 Å². The average molecular weight is 469 g/mol. The zero-order chi connectivity index (χ0) is 22.4. The molecular formula is C23H22Cl2N6O. The van der Waals surface area contributed by atoms with E-state index in [2.05, 4.69) is 26.6 Å². The third-order valence-corrected chi connectivity index (χ3v) is 6.45. The molecule has 0 bridgehead atoms. The number of nitrogens with one attached hydrogen (secondary N) is 1. The Labute approximate surface area is 195 Å². The predicted molar refractivity (Wildman–Crippen MR) is 125 cm³/mol. The summed E-state index contributed by atoms with van der Waals surface area (Å²) in [5.41, 5.74) is 4.84. The van der Waals surface area contributed by atoms with E-state index in [9.17, 15) is 4.79 Å². The molecule has 7 nitrogen and oxygen atoms in total. The van der Waals surface area contributed by atoms with Gasteiger partial charge in [0, 0.05) is 23.3 Å². The van der Waals surface area contributed by atoms with E-state index < -0.39 is 0 Å². The van der Waals surface area contributed by atoms with Crippen molar-refractivity contribution in [2.45, 2.75) is 45.7 Å². The SMILES string of the molecule is Cc1nn(CC(=O)Nc2cc(C)n(Cc3ccc(Cl)c(Cl)c3)n2)c2nccc(C3CC3)c12. The standard InChI is InChI=1S/C23H22Cl2N6O/c1-13-9-20(29-30(13)11-15-3-6-18(24)19(25)10-15)27-21(32)12-31-23-22(14(2)28-31)17(7-8-26-23)16-4-5-16/h3,6-10,16H,4-5,11-12H2,1-2H3,(H,27,29,32). The van der Waals surface area contributed by atoms with Crippen molar-refractivity contribution in [2.24, 2.45) is 0 Å². The summed E-state index contributed by atoms with van der Waals surface area (Å²) in [7, 11) is 0. The summed E-state index contributed by atoms with van der Waals surface area (Å²) in [5.74, 6) is 0.882. The first kappa shape index (κ1) is 21.0. The second-order valence-electron chi connectivity index (χ2n) is 8.24. The molecule has 5 rings (SSSR count). The minimum absolute atomic E-state index is 0.0736. The van der Waals surface area contributed by atoms with Crippen molar-refractivity contribution < 1.29 is 4.79 Å². The van der Waals surface area contributed by atoms with Gasteiger partial charge in [0.25, 0.3) is 0 Å². The van der Waals surface area contributed by atoms with E-state index in [1.54, 1.807) is 16.9 Å². The normalized spacial score (nSPS) is 13.6. The number of amides is 1. The number of halogens is 2. The molecule has 1 aromatic carbocycles. The van der Waals surface area contributed by atoms with Gasteiger partial charge in [-0.05, 0) is 61.9 Å². The Morgan fingerprint density at radius 1 is 1.09 bits per heavy atom. The van der Waals surface area contributed by atoms with Gasteiger partial charge < -0.3 is 5.32 Å². The molecule has 4 aromatic rings. The Morgan fingerprint density at radius 2 is 1.91 bits per heavy atom. The van der Waals surface area contributed by atoms with Gasteiger partial charge in [0.05, 0.1) is 22.3 Å². The lowest BCUT2D eigenvalue weighted by Gasteiger charge is -2.06. The van der Waals surface area contributed by atoms with Gasteiger partial charge in [0.1, 0.15) is 6.54 Å². The number of carbonyl (C=O) groups excluding carboxylic acids is 1. The van der Waals surface area contributed by atoms with Crippen LogP contribution in [0, 0.1) is 13.8 Å². The number of anilines is 1. The molecule has 0 radical (unpaired) electrons. The molecule has 0 unspecified atom stereocenters. The fourth-order valence-electron chi connectivity index (χ4n) is 4.02. The number of nitrogens with zero attached hydrogens (tertiary/aromatic N) is 5. The van der Waals surface area contributed by atoms with E-state index in [-0.39, 0.29) is 12.5 Å².